The van der Waals surface area contributed by atoms with Crippen LogP contribution in [0.4, 0.5) is 5.82 Å². The van der Waals surface area contributed by atoms with E-state index in [9.17, 15) is 4.79 Å². The average molecular weight is 334 g/mol. The fourth-order valence-electron chi connectivity index (χ4n) is 2.63. The number of fused-ring (bicyclic) bond motifs is 1. The van der Waals surface area contributed by atoms with E-state index in [4.69, 9.17) is 0 Å². The molecule has 0 unspecified atom stereocenters. The number of amidine groups is 1. The van der Waals surface area contributed by atoms with Crippen LogP contribution in [0.15, 0.2) is 64.8 Å². The number of nitrogens with zero attached hydrogens (tertiary/aromatic N) is 3. The minimum Gasteiger partial charge on any atom is -0.350 e. The molecule has 0 bridgehead atoms. The van der Waals surface area contributed by atoms with Crippen molar-refractivity contribution in [2.75, 3.05) is 0 Å². The monoisotopic (exact) mass is 334 g/mol. The van der Waals surface area contributed by atoms with Crippen molar-refractivity contribution in [3.8, 4) is 0 Å². The summed E-state index contributed by atoms with van der Waals surface area (Å²) in [6.07, 6.45) is 5.61. The molecule has 6 heteroatoms. The number of pyridine rings is 1. The second kappa shape index (κ2) is 5.98. The zero-order chi connectivity index (χ0) is 16.5. The van der Waals surface area contributed by atoms with Gasteiger partial charge in [0, 0.05) is 35.9 Å². The summed E-state index contributed by atoms with van der Waals surface area (Å²) >= 11 is 1.33. The van der Waals surface area contributed by atoms with Crippen LogP contribution in [0.2, 0.25) is 0 Å². The first kappa shape index (κ1) is 14.7. The molecule has 1 saturated heterocycles. The summed E-state index contributed by atoms with van der Waals surface area (Å²) < 4.78 is 2.06. The Labute approximate surface area is 143 Å². The molecule has 24 heavy (non-hydrogen) atoms. The minimum absolute atomic E-state index is 0.136. The van der Waals surface area contributed by atoms with Gasteiger partial charge in [0.15, 0.2) is 11.0 Å². The van der Waals surface area contributed by atoms with Crippen molar-refractivity contribution in [2.45, 2.75) is 0 Å². The Morgan fingerprint density at radius 1 is 1.21 bits per heavy atom. The lowest BCUT2D eigenvalue weighted by Crippen LogP contribution is -2.19. The molecule has 2 aromatic heterocycles. The highest BCUT2D eigenvalue weighted by Gasteiger charge is 2.24. The van der Waals surface area contributed by atoms with E-state index in [1.807, 2.05) is 43.6 Å². The fourth-order valence-corrected chi connectivity index (χ4v) is 3.45. The highest BCUT2D eigenvalue weighted by atomic mass is 32.2. The van der Waals surface area contributed by atoms with Gasteiger partial charge in [-0.25, -0.2) is 9.98 Å². The van der Waals surface area contributed by atoms with E-state index >= 15 is 0 Å². The van der Waals surface area contributed by atoms with Crippen molar-refractivity contribution >= 4 is 45.6 Å². The van der Waals surface area contributed by atoms with Crippen LogP contribution >= 0.6 is 11.8 Å². The predicted molar refractivity (Wildman–Crippen MR) is 98.0 cm³/mol. The Balaban J connectivity index is 1.68. The Kier molecular flexibility index (Phi) is 3.66. The van der Waals surface area contributed by atoms with Crippen molar-refractivity contribution in [2.24, 2.45) is 12.0 Å². The number of hydrogen-bond donors (Lipinski definition) is 1. The normalized spacial score (nSPS) is 17.8. The van der Waals surface area contributed by atoms with Crippen molar-refractivity contribution in [3.05, 3.63) is 65.3 Å². The lowest BCUT2D eigenvalue weighted by molar-refractivity contribution is -0.115. The van der Waals surface area contributed by atoms with E-state index in [0.717, 1.165) is 16.5 Å². The van der Waals surface area contributed by atoms with E-state index in [1.165, 1.54) is 11.8 Å². The topological polar surface area (TPSA) is 59.3 Å². The Morgan fingerprint density at radius 3 is 2.88 bits per heavy atom. The first-order valence-corrected chi connectivity index (χ1v) is 8.27. The second-order valence-electron chi connectivity index (χ2n) is 5.38. The maximum absolute atomic E-state index is 12.2. The van der Waals surface area contributed by atoms with Crippen molar-refractivity contribution < 1.29 is 4.79 Å². The van der Waals surface area contributed by atoms with Gasteiger partial charge in [0.2, 0.25) is 0 Å². The highest BCUT2D eigenvalue weighted by molar-refractivity contribution is 8.18. The molecule has 1 aliphatic rings. The van der Waals surface area contributed by atoms with Gasteiger partial charge in [0.05, 0.1) is 4.91 Å². The zero-order valence-electron chi connectivity index (χ0n) is 12.9. The van der Waals surface area contributed by atoms with Crippen LogP contribution in [-0.2, 0) is 11.8 Å². The lowest BCUT2D eigenvalue weighted by atomic mass is 10.1. The quantitative estimate of drug-likeness (QED) is 0.730. The summed E-state index contributed by atoms with van der Waals surface area (Å²) in [6.45, 7) is 0. The van der Waals surface area contributed by atoms with Gasteiger partial charge in [0.25, 0.3) is 5.91 Å². The van der Waals surface area contributed by atoms with Crippen LogP contribution in [0, 0.1) is 0 Å². The van der Waals surface area contributed by atoms with Crippen LogP contribution in [-0.4, -0.2) is 20.6 Å². The lowest BCUT2D eigenvalue weighted by Gasteiger charge is -1.94. The Morgan fingerprint density at radius 2 is 2.04 bits per heavy atom. The number of rotatable bonds is 2. The maximum Gasteiger partial charge on any atom is 0.264 e. The van der Waals surface area contributed by atoms with Gasteiger partial charge in [-0.3, -0.25) is 4.79 Å². The molecule has 5 nitrogen and oxygen atoms in total. The molecule has 4 rings (SSSR count). The second-order valence-corrected chi connectivity index (χ2v) is 6.41. The number of thioether (sulfide) groups is 1. The summed E-state index contributed by atoms with van der Waals surface area (Å²) in [5.41, 5.74) is 2.15. The van der Waals surface area contributed by atoms with Crippen LogP contribution in [0.25, 0.3) is 17.0 Å². The number of hydrogen-bond acceptors (Lipinski definition) is 4. The smallest absolute Gasteiger partial charge is 0.264 e. The molecule has 1 N–H and O–H groups in total. The summed E-state index contributed by atoms with van der Waals surface area (Å²) in [5.74, 6) is 0.439. The molecule has 118 valence electrons. The third-order valence-corrected chi connectivity index (χ3v) is 4.64. The van der Waals surface area contributed by atoms with Crippen molar-refractivity contribution in [1.82, 2.24) is 14.9 Å². The molecule has 0 aliphatic carbocycles. The Hall–Kier alpha value is -2.86. The van der Waals surface area contributed by atoms with E-state index in [-0.39, 0.29) is 5.91 Å². The van der Waals surface area contributed by atoms with Crippen LogP contribution in [0.3, 0.4) is 0 Å². The average Bonchev–Trinajstić information content (AvgIpc) is 3.10. The van der Waals surface area contributed by atoms with Gasteiger partial charge < -0.3 is 9.88 Å². The number of amides is 1. The minimum atomic E-state index is -0.136. The molecule has 3 aromatic rings. The summed E-state index contributed by atoms with van der Waals surface area (Å²) in [4.78, 5) is 21.3. The van der Waals surface area contributed by atoms with Crippen molar-refractivity contribution in [1.29, 1.82) is 0 Å². The molecule has 0 radical (unpaired) electrons. The summed E-state index contributed by atoms with van der Waals surface area (Å²) in [7, 11) is 2.00. The summed E-state index contributed by atoms with van der Waals surface area (Å²) in [6, 6.07) is 13.6. The molecule has 0 saturated carbocycles. The van der Waals surface area contributed by atoms with Gasteiger partial charge >= 0.3 is 0 Å². The number of carbonyl (C=O) groups is 1. The van der Waals surface area contributed by atoms with Gasteiger partial charge in [-0.15, -0.1) is 0 Å². The van der Waals surface area contributed by atoms with E-state index in [0.29, 0.717) is 15.9 Å². The number of para-hydroxylation sites is 1. The van der Waals surface area contributed by atoms with Crippen LogP contribution in [0.5, 0.6) is 0 Å². The van der Waals surface area contributed by atoms with Gasteiger partial charge in [-0.2, -0.15) is 0 Å². The molecular weight excluding hydrogens is 320 g/mol. The molecule has 0 spiro atoms. The molecule has 3 heterocycles. The van der Waals surface area contributed by atoms with E-state index < -0.39 is 0 Å². The number of aryl methyl sites for hydroxylation is 1. The first-order valence-electron chi connectivity index (χ1n) is 7.45. The van der Waals surface area contributed by atoms with Crippen LogP contribution < -0.4 is 5.32 Å². The number of nitrogens with one attached hydrogen (secondary N) is 1. The molecule has 0 atom stereocenters. The number of aliphatic imine (C=N–C) groups is 1. The standard InChI is InChI=1S/C18H14N4OS/c1-22-11-12(13-6-2-3-7-14(13)22)10-15-17(23)21-18(24-15)20-16-8-4-5-9-19-16/h2-11H,1H3,(H,19,20,21,23)/b15-10-. The first-order chi connectivity index (χ1) is 11.7. The number of carbonyl (C=O) groups excluding carboxylic acids is 1. The number of benzene rings is 1. The molecule has 1 fully saturated rings. The van der Waals surface area contributed by atoms with E-state index in [2.05, 4.69) is 32.0 Å². The van der Waals surface area contributed by atoms with Crippen LogP contribution in [0.1, 0.15) is 5.56 Å². The predicted octanol–water partition coefficient (Wildman–Crippen LogP) is 3.46. The van der Waals surface area contributed by atoms with Gasteiger partial charge in [0.1, 0.15) is 0 Å². The van der Waals surface area contributed by atoms with E-state index in [1.54, 1.807) is 12.3 Å². The molecule has 1 aromatic carbocycles. The van der Waals surface area contributed by atoms with Crippen molar-refractivity contribution in [3.63, 3.8) is 0 Å². The third-order valence-electron chi connectivity index (χ3n) is 3.73. The third kappa shape index (κ3) is 2.72. The SMILES string of the molecule is Cn1cc(/C=C2\S/C(=N\c3ccccn3)NC2=O)c2ccccc21. The zero-order valence-corrected chi connectivity index (χ0v) is 13.7. The van der Waals surface area contributed by atoms with Gasteiger partial charge in [-0.1, -0.05) is 24.3 Å². The number of aromatic nitrogens is 2. The fraction of sp³-hybridized carbons (Fsp3) is 0.0556. The maximum atomic E-state index is 12.2. The summed E-state index contributed by atoms with van der Waals surface area (Å²) in [5, 5.41) is 4.45. The molecular formula is C18H14N4OS. The molecule has 1 amide bonds. The molecule has 1 aliphatic heterocycles. The Bertz CT molecular complexity index is 989. The highest BCUT2D eigenvalue weighted by Crippen LogP contribution is 2.30. The largest absolute Gasteiger partial charge is 0.350 e. The van der Waals surface area contributed by atoms with Gasteiger partial charge in [-0.05, 0) is 36.0 Å².